The number of anilines is 1. The van der Waals surface area contributed by atoms with E-state index in [1.165, 1.54) is 13.2 Å². The highest BCUT2D eigenvalue weighted by atomic mass is 32.2. The maximum atomic E-state index is 13.2. The predicted molar refractivity (Wildman–Crippen MR) is 139 cm³/mol. The summed E-state index contributed by atoms with van der Waals surface area (Å²) < 4.78 is 54.8. The molecule has 0 radical (unpaired) electrons. The predicted octanol–water partition coefficient (Wildman–Crippen LogP) is 5.83. The molecule has 0 saturated heterocycles. The van der Waals surface area contributed by atoms with E-state index in [9.17, 15) is 17.6 Å². The number of carbonyl (C=O) groups excluding carboxylic acids is 1. The maximum absolute atomic E-state index is 13.2. The number of halogens is 1. The summed E-state index contributed by atoms with van der Waals surface area (Å²) >= 11 is 0. The first-order valence-electron chi connectivity index (χ1n) is 11.8. The number of urea groups is 1. The Balaban J connectivity index is 1.82. The largest absolute Gasteiger partial charge is 0.494 e. The van der Waals surface area contributed by atoms with Crippen molar-refractivity contribution in [3.8, 4) is 17.2 Å². The van der Waals surface area contributed by atoms with Crippen molar-refractivity contribution in [2.75, 3.05) is 19.0 Å². The summed E-state index contributed by atoms with van der Waals surface area (Å²) in [6.45, 7) is 6.53. The van der Waals surface area contributed by atoms with Crippen molar-refractivity contribution in [2.24, 2.45) is 0 Å². The van der Waals surface area contributed by atoms with E-state index < -0.39 is 15.9 Å². The van der Waals surface area contributed by atoms with E-state index in [0.717, 1.165) is 24.3 Å². The lowest BCUT2D eigenvalue weighted by molar-refractivity contribution is 0.187. The third kappa shape index (κ3) is 7.36. The van der Waals surface area contributed by atoms with E-state index in [4.69, 9.17) is 13.7 Å². The topological polar surface area (TPSA) is 94.2 Å². The molecule has 0 unspecified atom stereocenters. The molecular formula is C27H31FN2O6S. The number of rotatable bonds is 11. The van der Waals surface area contributed by atoms with Gasteiger partial charge in [0.2, 0.25) is 0 Å². The highest BCUT2D eigenvalue weighted by molar-refractivity contribution is 7.87. The highest BCUT2D eigenvalue weighted by Gasteiger charge is 2.23. The van der Waals surface area contributed by atoms with Gasteiger partial charge in [-0.15, -0.1) is 0 Å². The van der Waals surface area contributed by atoms with Crippen LogP contribution in [-0.4, -0.2) is 39.1 Å². The van der Waals surface area contributed by atoms with E-state index in [-0.39, 0.29) is 35.0 Å². The lowest BCUT2D eigenvalue weighted by atomic mass is 10.1. The van der Waals surface area contributed by atoms with Crippen LogP contribution in [0.5, 0.6) is 17.2 Å². The van der Waals surface area contributed by atoms with Crippen LogP contribution in [0.4, 0.5) is 14.9 Å². The average Bonchev–Trinajstić information content (AvgIpc) is 2.88. The van der Waals surface area contributed by atoms with Crippen LogP contribution in [0, 0.1) is 5.82 Å². The molecule has 0 fully saturated rings. The number of ether oxygens (including phenoxy) is 2. The molecule has 8 nitrogen and oxygen atoms in total. The highest BCUT2D eigenvalue weighted by Crippen LogP contribution is 2.32. The van der Waals surface area contributed by atoms with Crippen molar-refractivity contribution < 1.29 is 31.3 Å². The molecule has 10 heteroatoms. The van der Waals surface area contributed by atoms with Gasteiger partial charge >= 0.3 is 16.1 Å². The minimum absolute atomic E-state index is 0.0413. The zero-order chi connectivity index (χ0) is 27.0. The molecule has 1 N–H and O–H groups in total. The van der Waals surface area contributed by atoms with Gasteiger partial charge in [0, 0.05) is 18.3 Å². The summed E-state index contributed by atoms with van der Waals surface area (Å²) in [5.41, 5.74) is 1.25. The van der Waals surface area contributed by atoms with Crippen LogP contribution in [0.25, 0.3) is 0 Å². The third-order valence-electron chi connectivity index (χ3n) is 5.68. The van der Waals surface area contributed by atoms with Crippen molar-refractivity contribution in [2.45, 2.75) is 44.7 Å². The van der Waals surface area contributed by atoms with Crippen molar-refractivity contribution in [1.82, 2.24) is 4.90 Å². The van der Waals surface area contributed by atoms with Gasteiger partial charge in [-0.2, -0.15) is 8.42 Å². The van der Waals surface area contributed by atoms with Crippen LogP contribution in [0.3, 0.4) is 0 Å². The minimum atomic E-state index is -4.24. The first-order valence-corrected chi connectivity index (χ1v) is 13.2. The number of benzene rings is 3. The van der Waals surface area contributed by atoms with Gasteiger partial charge in [-0.3, -0.25) is 0 Å². The summed E-state index contributed by atoms with van der Waals surface area (Å²) in [6.07, 6.45) is 0.704. The molecule has 0 aromatic heterocycles. The molecule has 3 rings (SSSR count). The fourth-order valence-electron chi connectivity index (χ4n) is 3.49. The van der Waals surface area contributed by atoms with E-state index >= 15 is 0 Å². The molecule has 0 aliphatic rings. The summed E-state index contributed by atoms with van der Waals surface area (Å²) in [4.78, 5) is 14.6. The zero-order valence-electron chi connectivity index (χ0n) is 21.2. The first-order chi connectivity index (χ1) is 17.7. The average molecular weight is 531 g/mol. The molecule has 198 valence electrons. The second kappa shape index (κ2) is 12.4. The van der Waals surface area contributed by atoms with Crippen LogP contribution in [0.1, 0.15) is 32.8 Å². The van der Waals surface area contributed by atoms with Gasteiger partial charge in [0.1, 0.15) is 16.5 Å². The summed E-state index contributed by atoms with van der Waals surface area (Å²) in [7, 11) is -2.85. The Morgan fingerprint density at radius 1 is 1.00 bits per heavy atom. The standard InChI is InChI=1S/C27H31FN2O6S/c1-5-19(3)30(27(31)29-22-10-12-23(13-11-22)35-6-2)18-20-7-16-25(34-4)26(17-20)36-37(32,33)24-14-8-21(28)9-15-24/h7-17,19H,5-6,18H2,1-4H3,(H,29,31)/t19-/m0/s1. The van der Waals surface area contributed by atoms with Gasteiger partial charge < -0.3 is 23.9 Å². The monoisotopic (exact) mass is 530 g/mol. The molecule has 2 amide bonds. The molecule has 0 bridgehead atoms. The molecule has 0 aliphatic heterocycles. The van der Waals surface area contributed by atoms with Crippen LogP contribution >= 0.6 is 0 Å². The van der Waals surface area contributed by atoms with Crippen LogP contribution in [0.15, 0.2) is 71.6 Å². The second-order valence-corrected chi connectivity index (χ2v) is 9.80. The Labute approximate surface area is 217 Å². The Kier molecular flexibility index (Phi) is 9.35. The fourth-order valence-corrected chi connectivity index (χ4v) is 4.43. The van der Waals surface area contributed by atoms with Crippen molar-refractivity contribution >= 4 is 21.8 Å². The Bertz CT molecular complexity index is 1300. The lowest BCUT2D eigenvalue weighted by Gasteiger charge is -2.29. The van der Waals surface area contributed by atoms with E-state index in [1.807, 2.05) is 20.8 Å². The van der Waals surface area contributed by atoms with Gasteiger partial charge in [0.25, 0.3) is 0 Å². The van der Waals surface area contributed by atoms with Gasteiger partial charge in [-0.25, -0.2) is 9.18 Å². The van der Waals surface area contributed by atoms with Gasteiger partial charge in [-0.1, -0.05) is 13.0 Å². The second-order valence-electron chi connectivity index (χ2n) is 8.25. The molecule has 37 heavy (non-hydrogen) atoms. The Morgan fingerprint density at radius 2 is 1.68 bits per heavy atom. The molecule has 0 aliphatic carbocycles. The minimum Gasteiger partial charge on any atom is -0.494 e. The summed E-state index contributed by atoms with van der Waals surface area (Å²) in [5.74, 6) is 0.302. The zero-order valence-corrected chi connectivity index (χ0v) is 22.0. The molecule has 0 saturated carbocycles. The molecule has 0 spiro atoms. The molecule has 3 aromatic carbocycles. The molecular weight excluding hydrogens is 499 g/mol. The number of nitrogens with one attached hydrogen (secondary N) is 1. The Morgan fingerprint density at radius 3 is 2.27 bits per heavy atom. The number of amides is 2. The summed E-state index contributed by atoms with van der Waals surface area (Å²) in [6, 6.07) is 15.8. The summed E-state index contributed by atoms with van der Waals surface area (Å²) in [5, 5.41) is 2.90. The van der Waals surface area contributed by atoms with Crippen LogP contribution in [-0.2, 0) is 16.7 Å². The van der Waals surface area contributed by atoms with Crippen LogP contribution in [0.2, 0.25) is 0 Å². The van der Waals surface area contributed by atoms with Crippen molar-refractivity contribution in [3.63, 3.8) is 0 Å². The smallest absolute Gasteiger partial charge is 0.339 e. The lowest BCUT2D eigenvalue weighted by Crippen LogP contribution is -2.40. The number of hydrogen-bond donors (Lipinski definition) is 1. The van der Waals surface area contributed by atoms with E-state index in [1.54, 1.807) is 41.3 Å². The van der Waals surface area contributed by atoms with Gasteiger partial charge in [0.15, 0.2) is 11.5 Å². The number of methoxy groups -OCH3 is 1. The fraction of sp³-hybridized carbons (Fsp3) is 0.296. The van der Waals surface area contributed by atoms with E-state index in [2.05, 4.69) is 5.32 Å². The van der Waals surface area contributed by atoms with E-state index in [0.29, 0.717) is 30.0 Å². The molecule has 3 aromatic rings. The number of nitrogens with zero attached hydrogens (tertiary/aromatic N) is 1. The van der Waals surface area contributed by atoms with Gasteiger partial charge in [0.05, 0.1) is 13.7 Å². The van der Waals surface area contributed by atoms with Gasteiger partial charge in [-0.05, 0) is 86.5 Å². The molecule has 0 heterocycles. The Hall–Kier alpha value is -3.79. The molecule has 1 atom stereocenters. The van der Waals surface area contributed by atoms with Crippen molar-refractivity contribution in [3.05, 3.63) is 78.1 Å². The first kappa shape index (κ1) is 27.8. The van der Waals surface area contributed by atoms with Crippen molar-refractivity contribution in [1.29, 1.82) is 0 Å². The quantitative estimate of drug-likeness (QED) is 0.313. The normalized spacial score (nSPS) is 11.9. The SMILES string of the molecule is CCOc1ccc(NC(=O)N(Cc2ccc(OC)c(OS(=O)(=O)c3ccc(F)cc3)c2)[C@@H](C)CC)cc1. The number of hydrogen-bond acceptors (Lipinski definition) is 6. The third-order valence-corrected chi connectivity index (χ3v) is 6.93. The van der Waals surface area contributed by atoms with Crippen LogP contribution < -0.4 is 19.0 Å². The maximum Gasteiger partial charge on any atom is 0.339 e. The number of carbonyl (C=O) groups is 1.